The van der Waals surface area contributed by atoms with E-state index in [2.05, 4.69) is 0 Å². The summed E-state index contributed by atoms with van der Waals surface area (Å²) in [5, 5.41) is 20.5. The fourth-order valence-corrected chi connectivity index (χ4v) is 6.29. The van der Waals surface area contributed by atoms with Gasteiger partial charge in [0.2, 0.25) is 0 Å². The summed E-state index contributed by atoms with van der Waals surface area (Å²) in [5.74, 6) is -4.29. The number of Topliss-reactive ketones (excluding diaryl/α,β-unsaturated/α-hetero) is 1. The van der Waals surface area contributed by atoms with Gasteiger partial charge in [-0.2, -0.15) is 5.06 Å². The van der Waals surface area contributed by atoms with Gasteiger partial charge in [-0.3, -0.25) is 24.4 Å². The van der Waals surface area contributed by atoms with Crippen molar-refractivity contribution in [2.24, 2.45) is 17.8 Å². The molecule has 0 bridgehead atoms. The van der Waals surface area contributed by atoms with E-state index in [1.54, 1.807) is 19.1 Å². The van der Waals surface area contributed by atoms with Crippen molar-refractivity contribution < 1.29 is 34.2 Å². The van der Waals surface area contributed by atoms with Gasteiger partial charge < -0.3 is 9.84 Å². The number of rotatable bonds is 2. The smallest absolute Gasteiger partial charge is 0.257 e. The molecule has 8 nitrogen and oxygen atoms in total. The number of ether oxygens (including phenoxy) is 1. The Hall–Kier alpha value is -2.79. The van der Waals surface area contributed by atoms with Crippen LogP contribution in [0.5, 0.6) is 11.5 Å². The molecule has 4 atom stereocenters. The van der Waals surface area contributed by atoms with Gasteiger partial charge in [-0.1, -0.05) is 11.6 Å². The minimum atomic E-state index is -0.800. The lowest BCUT2D eigenvalue weighted by Gasteiger charge is -2.42. The molecule has 0 radical (unpaired) electrons. The fraction of sp³-hybridized carbons (Fsp3) is 0.333. The molecule has 33 heavy (non-hydrogen) atoms. The third-order valence-corrected chi connectivity index (χ3v) is 7.97. The number of carbonyl (C=O) groups excluding carboxylic acids is 4. The second-order valence-corrected chi connectivity index (χ2v) is 9.93. The molecule has 1 aliphatic heterocycles. The average Bonchev–Trinajstić information content (AvgIpc) is 3.02. The van der Waals surface area contributed by atoms with Crippen LogP contribution in [-0.4, -0.2) is 45.9 Å². The number of nitrogens with zero attached hydrogens (tertiary/aromatic N) is 1. The predicted octanol–water partition coefficient (Wildman–Crippen LogP) is 2.82. The maximum atomic E-state index is 13.2. The first-order valence-corrected chi connectivity index (χ1v) is 11.6. The Morgan fingerprint density at radius 2 is 1.85 bits per heavy atom. The SMILES string of the molecule is COc1cc(C2C3=CCC4C(=O)N(O)C(=O)C4C3CC3=C2C(=O)C=C(C)C3=O)cc(I)c1O. The van der Waals surface area contributed by atoms with Crippen molar-refractivity contribution in [3.8, 4) is 11.5 Å². The lowest BCUT2D eigenvalue weighted by atomic mass is 9.59. The zero-order valence-electron chi connectivity index (χ0n) is 17.8. The van der Waals surface area contributed by atoms with Gasteiger partial charge in [0.1, 0.15) is 0 Å². The first-order valence-electron chi connectivity index (χ1n) is 10.5. The number of hydroxylamine groups is 2. The van der Waals surface area contributed by atoms with Crippen molar-refractivity contribution in [3.63, 3.8) is 0 Å². The van der Waals surface area contributed by atoms with E-state index in [0.717, 1.165) is 5.57 Å². The van der Waals surface area contributed by atoms with Crippen LogP contribution in [0.1, 0.15) is 31.2 Å². The van der Waals surface area contributed by atoms with E-state index in [1.165, 1.54) is 13.2 Å². The lowest BCUT2D eigenvalue weighted by molar-refractivity contribution is -0.173. The molecule has 2 N–H and O–H groups in total. The number of methoxy groups -OCH3 is 1. The molecule has 4 aliphatic rings. The number of imide groups is 1. The number of benzene rings is 1. The molecule has 9 heteroatoms. The molecule has 0 aromatic heterocycles. The number of carbonyl (C=O) groups is 4. The van der Waals surface area contributed by atoms with Gasteiger partial charge in [-0.25, -0.2) is 0 Å². The Morgan fingerprint density at radius 3 is 2.55 bits per heavy atom. The van der Waals surface area contributed by atoms with Crippen LogP contribution in [-0.2, 0) is 19.2 Å². The van der Waals surface area contributed by atoms with Gasteiger partial charge >= 0.3 is 0 Å². The summed E-state index contributed by atoms with van der Waals surface area (Å²) >= 11 is 1.97. The number of ketones is 2. The Balaban J connectivity index is 1.74. The lowest BCUT2D eigenvalue weighted by Crippen LogP contribution is -2.39. The molecule has 1 saturated heterocycles. The molecule has 1 aromatic carbocycles. The van der Waals surface area contributed by atoms with Crippen molar-refractivity contribution >= 4 is 46.0 Å². The van der Waals surface area contributed by atoms with E-state index in [1.807, 2.05) is 28.7 Å². The summed E-state index contributed by atoms with van der Waals surface area (Å²) in [6, 6.07) is 3.36. The van der Waals surface area contributed by atoms with Gasteiger partial charge in [-0.05, 0) is 72.0 Å². The maximum absolute atomic E-state index is 13.2. The molecular weight excluding hydrogens is 541 g/mol. The Bertz CT molecular complexity index is 1260. The van der Waals surface area contributed by atoms with Crippen molar-refractivity contribution in [1.29, 1.82) is 0 Å². The van der Waals surface area contributed by atoms with Crippen molar-refractivity contribution in [3.05, 3.63) is 55.7 Å². The van der Waals surface area contributed by atoms with Gasteiger partial charge in [-0.15, -0.1) is 0 Å². The predicted molar refractivity (Wildman–Crippen MR) is 122 cm³/mol. The van der Waals surface area contributed by atoms with Crippen LogP contribution >= 0.6 is 22.6 Å². The van der Waals surface area contributed by atoms with Crippen LogP contribution in [0.3, 0.4) is 0 Å². The molecule has 5 rings (SSSR count). The number of fused-ring (bicyclic) bond motifs is 3. The molecule has 1 fully saturated rings. The Labute approximate surface area is 202 Å². The van der Waals surface area contributed by atoms with E-state index in [4.69, 9.17) is 4.74 Å². The summed E-state index contributed by atoms with van der Waals surface area (Å²) in [5.41, 5.74) is 2.43. The van der Waals surface area contributed by atoms with E-state index >= 15 is 0 Å². The van der Waals surface area contributed by atoms with Crippen LogP contribution in [0.15, 0.2) is 46.6 Å². The third-order valence-electron chi connectivity index (χ3n) is 7.14. The summed E-state index contributed by atoms with van der Waals surface area (Å²) < 4.78 is 5.83. The molecular formula is C24H20INO7. The normalized spacial score (nSPS) is 28.9. The highest BCUT2D eigenvalue weighted by molar-refractivity contribution is 14.1. The summed E-state index contributed by atoms with van der Waals surface area (Å²) in [4.78, 5) is 51.5. The molecule has 1 aromatic rings. The topological polar surface area (TPSA) is 121 Å². The monoisotopic (exact) mass is 561 g/mol. The van der Waals surface area contributed by atoms with Crippen LogP contribution in [0.2, 0.25) is 0 Å². The number of halogens is 1. The van der Waals surface area contributed by atoms with Gasteiger partial charge in [0.25, 0.3) is 11.8 Å². The number of hydrogen-bond acceptors (Lipinski definition) is 7. The highest BCUT2D eigenvalue weighted by atomic mass is 127. The van der Waals surface area contributed by atoms with Gasteiger partial charge in [0.15, 0.2) is 23.1 Å². The highest BCUT2D eigenvalue weighted by Crippen LogP contribution is 2.55. The minimum absolute atomic E-state index is 0.0321. The number of hydrogen-bond donors (Lipinski definition) is 2. The molecule has 4 unspecified atom stereocenters. The fourth-order valence-electron chi connectivity index (χ4n) is 5.66. The third kappa shape index (κ3) is 3.05. The summed E-state index contributed by atoms with van der Waals surface area (Å²) in [7, 11) is 1.42. The number of phenols is 1. The zero-order chi connectivity index (χ0) is 23.8. The van der Waals surface area contributed by atoms with Gasteiger partial charge in [0.05, 0.1) is 22.5 Å². The maximum Gasteiger partial charge on any atom is 0.257 e. The van der Waals surface area contributed by atoms with Crippen LogP contribution in [0.4, 0.5) is 0 Å². The number of phenolic OH excluding ortho intramolecular Hbond substituents is 1. The highest BCUT2D eigenvalue weighted by Gasteiger charge is 2.56. The van der Waals surface area contributed by atoms with E-state index in [-0.39, 0.29) is 41.0 Å². The molecule has 2 amide bonds. The first kappa shape index (κ1) is 22.0. The van der Waals surface area contributed by atoms with E-state index in [9.17, 15) is 29.5 Å². The van der Waals surface area contributed by atoms with Crippen molar-refractivity contribution in [2.75, 3.05) is 7.11 Å². The van der Waals surface area contributed by atoms with Crippen LogP contribution in [0.25, 0.3) is 0 Å². The summed E-state index contributed by atoms with van der Waals surface area (Å²) in [6.07, 6.45) is 3.59. The zero-order valence-corrected chi connectivity index (χ0v) is 20.0. The van der Waals surface area contributed by atoms with Crippen LogP contribution in [0, 0.1) is 21.3 Å². The molecule has 1 heterocycles. The minimum Gasteiger partial charge on any atom is -0.504 e. The molecule has 0 spiro atoms. The molecule has 0 saturated carbocycles. The van der Waals surface area contributed by atoms with Crippen molar-refractivity contribution in [2.45, 2.75) is 25.7 Å². The van der Waals surface area contributed by atoms with E-state index in [0.29, 0.717) is 25.9 Å². The second kappa shape index (κ2) is 7.63. The first-order chi connectivity index (χ1) is 15.6. The molecule has 3 aliphatic carbocycles. The Morgan fingerprint density at radius 1 is 1.12 bits per heavy atom. The number of allylic oxidation sites excluding steroid dienone is 6. The molecule has 170 valence electrons. The number of aromatic hydroxyl groups is 1. The van der Waals surface area contributed by atoms with Crippen molar-refractivity contribution in [1.82, 2.24) is 5.06 Å². The van der Waals surface area contributed by atoms with Gasteiger partial charge in [0, 0.05) is 22.6 Å². The largest absolute Gasteiger partial charge is 0.504 e. The van der Waals surface area contributed by atoms with Crippen LogP contribution < -0.4 is 4.74 Å². The standard InChI is InChI=1S/C24H20INO7/c1-9-5-16(27)20-14(21(9)28)8-13-11(3-4-12-19(13)24(31)26(32)23(12)30)18(20)10-6-15(25)22(29)17(7-10)33-2/h3,5-7,12-13,18-19,29,32H,4,8H2,1-2H3. The Kier molecular flexibility index (Phi) is 5.09. The second-order valence-electron chi connectivity index (χ2n) is 8.77. The summed E-state index contributed by atoms with van der Waals surface area (Å²) in [6.45, 7) is 1.58. The average molecular weight is 561 g/mol. The number of amides is 2. The quantitative estimate of drug-likeness (QED) is 0.187. The van der Waals surface area contributed by atoms with E-state index < -0.39 is 35.5 Å².